The fourth-order valence-corrected chi connectivity index (χ4v) is 4.01. The lowest BCUT2D eigenvalue weighted by molar-refractivity contribution is -0.00291. The maximum atomic E-state index is 12.4. The van der Waals surface area contributed by atoms with Crippen LogP contribution in [0.25, 0.3) is 0 Å². The molecule has 0 unspecified atom stereocenters. The summed E-state index contributed by atoms with van der Waals surface area (Å²) in [5, 5.41) is 0. The summed E-state index contributed by atoms with van der Waals surface area (Å²) in [7, 11) is 0. The molecular weight excluding hydrogens is 314 g/mol. The quantitative estimate of drug-likeness (QED) is 0.891. The van der Waals surface area contributed by atoms with Gasteiger partial charge in [-0.3, -0.25) is 0 Å². The summed E-state index contributed by atoms with van der Waals surface area (Å²) in [5.74, 6) is 0.307. The largest absolute Gasteiger partial charge is 0.441 e. The Balaban J connectivity index is 1.56. The van der Waals surface area contributed by atoms with Gasteiger partial charge in [-0.2, -0.15) is 0 Å². The number of hydrogen-bond acceptors (Lipinski definition) is 4. The average molecular weight is 345 g/mol. The molecule has 3 rings (SSSR count). The summed E-state index contributed by atoms with van der Waals surface area (Å²) in [4.78, 5) is 16.7. The molecule has 2 aliphatic rings. The number of rotatable bonds is 5. The maximum absolute atomic E-state index is 12.4. The Hall–Kier alpha value is -1.59. The van der Waals surface area contributed by atoms with Crippen LogP contribution in [0.4, 0.5) is 4.79 Å². The number of piperidine rings is 1. The highest BCUT2D eigenvalue weighted by Gasteiger charge is 2.47. The minimum absolute atomic E-state index is 0.157. The van der Waals surface area contributed by atoms with Gasteiger partial charge in [0.25, 0.3) is 0 Å². The molecule has 1 aromatic rings. The molecule has 1 spiro atoms. The van der Waals surface area contributed by atoms with E-state index in [0.717, 1.165) is 32.5 Å². The second-order valence-corrected chi connectivity index (χ2v) is 8.51. The van der Waals surface area contributed by atoms with Crippen molar-refractivity contribution in [3.05, 3.63) is 35.9 Å². The number of ether oxygens (including phenoxy) is 1. The molecule has 5 heteroatoms. The van der Waals surface area contributed by atoms with E-state index in [2.05, 4.69) is 37.8 Å². The van der Waals surface area contributed by atoms with Crippen molar-refractivity contribution < 1.29 is 9.53 Å². The van der Waals surface area contributed by atoms with Crippen LogP contribution in [0.5, 0.6) is 0 Å². The molecule has 0 aliphatic carbocycles. The molecule has 138 valence electrons. The summed E-state index contributed by atoms with van der Waals surface area (Å²) in [6.07, 6.45) is 1.63. The summed E-state index contributed by atoms with van der Waals surface area (Å²) in [6, 6.07) is 10.4. The van der Waals surface area contributed by atoms with Gasteiger partial charge in [0.05, 0.1) is 6.54 Å². The van der Waals surface area contributed by atoms with E-state index in [9.17, 15) is 4.79 Å². The number of nitrogens with two attached hydrogens (primary N) is 1. The standard InChI is InChI=1S/C20H31N3O2/c1-16(17-7-5-4-6-8-17)13-23-15-20(25-18(23)24)9-11-22(12-10-20)14-19(2,3)21/h4-8,16H,9-15,21H2,1-3H3/t16-/m0/s1. The number of benzene rings is 1. The van der Waals surface area contributed by atoms with Gasteiger partial charge in [0.1, 0.15) is 5.60 Å². The third kappa shape index (κ3) is 4.53. The van der Waals surface area contributed by atoms with Gasteiger partial charge < -0.3 is 20.3 Å². The topological polar surface area (TPSA) is 58.8 Å². The van der Waals surface area contributed by atoms with Crippen LogP contribution in [-0.4, -0.2) is 59.8 Å². The van der Waals surface area contributed by atoms with Crippen molar-refractivity contribution in [3.8, 4) is 0 Å². The van der Waals surface area contributed by atoms with Gasteiger partial charge in [0.15, 0.2) is 0 Å². The van der Waals surface area contributed by atoms with Crippen LogP contribution < -0.4 is 5.73 Å². The summed E-state index contributed by atoms with van der Waals surface area (Å²) in [5.41, 5.74) is 6.90. The van der Waals surface area contributed by atoms with Gasteiger partial charge in [-0.15, -0.1) is 0 Å². The van der Waals surface area contributed by atoms with Crippen LogP contribution in [-0.2, 0) is 4.74 Å². The molecule has 2 saturated heterocycles. The Morgan fingerprint density at radius 1 is 1.24 bits per heavy atom. The van der Waals surface area contributed by atoms with Crippen molar-refractivity contribution >= 4 is 6.09 Å². The fraction of sp³-hybridized carbons (Fsp3) is 0.650. The van der Waals surface area contributed by atoms with Crippen molar-refractivity contribution in [3.63, 3.8) is 0 Å². The van der Waals surface area contributed by atoms with Gasteiger partial charge in [-0.1, -0.05) is 37.3 Å². The summed E-state index contributed by atoms with van der Waals surface area (Å²) < 4.78 is 5.85. The molecule has 5 nitrogen and oxygen atoms in total. The molecule has 1 aromatic carbocycles. The minimum atomic E-state index is -0.303. The van der Waals surface area contributed by atoms with Gasteiger partial charge in [0.2, 0.25) is 0 Å². The predicted molar refractivity (Wildman–Crippen MR) is 99.6 cm³/mol. The zero-order valence-corrected chi connectivity index (χ0v) is 15.7. The van der Waals surface area contributed by atoms with Gasteiger partial charge in [-0.05, 0) is 25.3 Å². The highest BCUT2D eigenvalue weighted by molar-refractivity contribution is 5.70. The first-order chi connectivity index (χ1) is 11.8. The van der Waals surface area contributed by atoms with Gasteiger partial charge in [-0.25, -0.2) is 4.79 Å². The molecule has 0 saturated carbocycles. The van der Waals surface area contributed by atoms with E-state index in [0.29, 0.717) is 19.0 Å². The number of carbonyl (C=O) groups is 1. The third-order valence-corrected chi connectivity index (χ3v) is 5.30. The lowest BCUT2D eigenvalue weighted by atomic mass is 9.90. The van der Waals surface area contributed by atoms with Crippen molar-refractivity contribution in [2.75, 3.05) is 32.7 Å². The SMILES string of the molecule is C[C@@H](CN1CC2(CCN(CC(C)(C)N)CC2)OC1=O)c1ccccc1. The molecule has 25 heavy (non-hydrogen) atoms. The predicted octanol–water partition coefficient (Wildman–Crippen LogP) is 2.81. The normalized spacial score (nSPS) is 22.2. The first-order valence-electron chi connectivity index (χ1n) is 9.30. The Morgan fingerprint density at radius 3 is 2.48 bits per heavy atom. The Bertz CT molecular complexity index is 589. The lowest BCUT2D eigenvalue weighted by Gasteiger charge is -2.39. The van der Waals surface area contributed by atoms with Crippen molar-refractivity contribution in [1.82, 2.24) is 9.80 Å². The van der Waals surface area contributed by atoms with E-state index in [1.165, 1.54) is 5.56 Å². The van der Waals surface area contributed by atoms with E-state index in [-0.39, 0.29) is 17.2 Å². The highest BCUT2D eigenvalue weighted by atomic mass is 16.6. The highest BCUT2D eigenvalue weighted by Crippen LogP contribution is 2.34. The van der Waals surface area contributed by atoms with Crippen LogP contribution >= 0.6 is 0 Å². The molecule has 0 radical (unpaired) electrons. The monoisotopic (exact) mass is 345 g/mol. The molecule has 2 N–H and O–H groups in total. The van der Waals surface area contributed by atoms with Crippen LogP contribution in [0.2, 0.25) is 0 Å². The molecular formula is C20H31N3O2. The number of amides is 1. The Labute approximate surface area is 151 Å². The number of hydrogen-bond donors (Lipinski definition) is 1. The zero-order chi connectivity index (χ0) is 18.1. The van der Waals surface area contributed by atoms with Crippen molar-refractivity contribution in [2.24, 2.45) is 5.73 Å². The maximum Gasteiger partial charge on any atom is 0.410 e. The van der Waals surface area contributed by atoms with Crippen LogP contribution in [0.1, 0.15) is 45.1 Å². The van der Waals surface area contributed by atoms with Crippen molar-refractivity contribution in [2.45, 2.75) is 50.7 Å². The third-order valence-electron chi connectivity index (χ3n) is 5.30. The fourth-order valence-electron chi connectivity index (χ4n) is 4.01. The first kappa shape index (κ1) is 18.2. The Morgan fingerprint density at radius 2 is 1.88 bits per heavy atom. The van der Waals surface area contributed by atoms with E-state index in [1.54, 1.807) is 0 Å². The molecule has 1 atom stereocenters. The van der Waals surface area contributed by atoms with Crippen molar-refractivity contribution in [1.29, 1.82) is 0 Å². The number of carbonyl (C=O) groups excluding carboxylic acids is 1. The smallest absolute Gasteiger partial charge is 0.410 e. The lowest BCUT2D eigenvalue weighted by Crippen LogP contribution is -2.52. The molecule has 0 aromatic heterocycles. The van der Waals surface area contributed by atoms with E-state index >= 15 is 0 Å². The van der Waals surface area contributed by atoms with Gasteiger partial charge >= 0.3 is 6.09 Å². The summed E-state index contributed by atoms with van der Waals surface area (Å²) >= 11 is 0. The van der Waals surface area contributed by atoms with Crippen LogP contribution in [0, 0.1) is 0 Å². The van der Waals surface area contributed by atoms with E-state index < -0.39 is 0 Å². The molecule has 0 bridgehead atoms. The number of likely N-dealkylation sites (tertiary alicyclic amines) is 1. The zero-order valence-electron chi connectivity index (χ0n) is 15.7. The second kappa shape index (κ2) is 6.96. The molecule has 2 heterocycles. The van der Waals surface area contributed by atoms with E-state index in [4.69, 9.17) is 10.5 Å². The average Bonchev–Trinajstić information content (AvgIpc) is 2.85. The van der Waals surface area contributed by atoms with Gasteiger partial charge in [0, 0.05) is 44.6 Å². The first-order valence-corrected chi connectivity index (χ1v) is 9.30. The van der Waals surface area contributed by atoms with Crippen LogP contribution in [0.3, 0.4) is 0 Å². The Kier molecular flexibility index (Phi) is 5.07. The summed E-state index contributed by atoms with van der Waals surface area (Å²) in [6.45, 7) is 10.5. The molecule has 2 aliphatic heterocycles. The molecule has 1 amide bonds. The van der Waals surface area contributed by atoms with E-state index in [1.807, 2.05) is 23.1 Å². The second-order valence-electron chi connectivity index (χ2n) is 8.51. The minimum Gasteiger partial charge on any atom is -0.441 e. The van der Waals surface area contributed by atoms with Crippen LogP contribution in [0.15, 0.2) is 30.3 Å². The molecule has 2 fully saturated rings. The number of nitrogens with zero attached hydrogens (tertiary/aromatic N) is 2.